The molecule has 0 spiro atoms. The fourth-order valence-electron chi connectivity index (χ4n) is 2.00. The van der Waals surface area contributed by atoms with Gasteiger partial charge < -0.3 is 10.2 Å². The zero-order chi connectivity index (χ0) is 11.0. The summed E-state index contributed by atoms with van der Waals surface area (Å²) in [4.78, 5) is 12.0. The topological polar surface area (TPSA) is 85.5 Å². The molecular weight excluding hydrogens is 198 g/mol. The maximum atomic E-state index is 10.5. The highest BCUT2D eigenvalue weighted by atomic mass is 16.6. The third-order valence-corrected chi connectivity index (χ3v) is 2.78. The van der Waals surface area contributed by atoms with Gasteiger partial charge in [-0.05, 0) is 19.5 Å². The first kappa shape index (κ1) is 10.1. The summed E-state index contributed by atoms with van der Waals surface area (Å²) in [6.45, 7) is 0.889. The van der Waals surface area contributed by atoms with E-state index in [2.05, 4.69) is 0 Å². The second-order valence-corrected chi connectivity index (χ2v) is 3.81. The van der Waals surface area contributed by atoms with Crippen molar-refractivity contribution in [3.05, 3.63) is 28.0 Å². The van der Waals surface area contributed by atoms with E-state index in [9.17, 15) is 10.1 Å². The Balaban J connectivity index is 2.25. The van der Waals surface area contributed by atoms with E-state index in [0.717, 1.165) is 13.0 Å². The van der Waals surface area contributed by atoms with E-state index in [0.29, 0.717) is 5.76 Å². The first-order chi connectivity index (χ1) is 7.09. The number of nitrogens with two attached hydrogens (primary N) is 1. The SMILES string of the molecule is CN1CCC(N)C1c1ccc([N+](=O)[O-])o1. The molecule has 0 radical (unpaired) electrons. The van der Waals surface area contributed by atoms with Gasteiger partial charge >= 0.3 is 5.88 Å². The lowest BCUT2D eigenvalue weighted by molar-refractivity contribution is -0.402. The summed E-state index contributed by atoms with van der Waals surface area (Å²) in [6.07, 6.45) is 0.885. The highest BCUT2D eigenvalue weighted by Gasteiger charge is 2.33. The number of likely N-dealkylation sites (N-methyl/N-ethyl adjacent to an activating group) is 1. The number of furan rings is 1. The average Bonchev–Trinajstić information content (AvgIpc) is 2.73. The standard InChI is InChI=1S/C9H13N3O3/c1-11-5-4-6(10)9(11)7-2-3-8(15-7)12(13)14/h2-3,6,9H,4-5,10H2,1H3. The summed E-state index contributed by atoms with van der Waals surface area (Å²) in [5.74, 6) is 0.353. The lowest BCUT2D eigenvalue weighted by Crippen LogP contribution is -2.29. The molecule has 1 fully saturated rings. The third-order valence-electron chi connectivity index (χ3n) is 2.78. The normalized spacial score (nSPS) is 27.1. The molecule has 15 heavy (non-hydrogen) atoms. The van der Waals surface area contributed by atoms with Crippen LogP contribution in [0.3, 0.4) is 0 Å². The van der Waals surface area contributed by atoms with Crippen molar-refractivity contribution in [1.29, 1.82) is 0 Å². The van der Waals surface area contributed by atoms with Crippen molar-refractivity contribution in [2.45, 2.75) is 18.5 Å². The van der Waals surface area contributed by atoms with Crippen molar-refractivity contribution in [3.63, 3.8) is 0 Å². The Hall–Kier alpha value is -1.40. The molecule has 2 heterocycles. The number of rotatable bonds is 2. The van der Waals surface area contributed by atoms with E-state index in [1.807, 2.05) is 11.9 Å². The Labute approximate surface area is 86.8 Å². The predicted molar refractivity (Wildman–Crippen MR) is 53.3 cm³/mol. The number of nitrogens with zero attached hydrogens (tertiary/aromatic N) is 2. The summed E-state index contributed by atoms with van der Waals surface area (Å²) in [7, 11) is 1.94. The van der Waals surface area contributed by atoms with Crippen molar-refractivity contribution in [1.82, 2.24) is 4.90 Å². The molecule has 1 aliphatic rings. The van der Waals surface area contributed by atoms with E-state index >= 15 is 0 Å². The minimum Gasteiger partial charge on any atom is -0.404 e. The molecular formula is C9H13N3O3. The Bertz CT molecular complexity index is 366. The molecule has 2 atom stereocenters. The maximum Gasteiger partial charge on any atom is 0.433 e. The van der Waals surface area contributed by atoms with Crippen molar-refractivity contribution >= 4 is 5.88 Å². The first-order valence-electron chi connectivity index (χ1n) is 4.79. The lowest BCUT2D eigenvalue weighted by atomic mass is 10.1. The molecule has 0 saturated carbocycles. The number of nitro groups is 1. The summed E-state index contributed by atoms with van der Waals surface area (Å²) in [6, 6.07) is 2.94. The molecule has 6 heteroatoms. The zero-order valence-electron chi connectivity index (χ0n) is 8.42. The van der Waals surface area contributed by atoms with Crippen LogP contribution in [0.2, 0.25) is 0 Å². The second kappa shape index (κ2) is 3.63. The fourth-order valence-corrected chi connectivity index (χ4v) is 2.00. The molecule has 1 saturated heterocycles. The number of hydrogen-bond donors (Lipinski definition) is 1. The summed E-state index contributed by atoms with van der Waals surface area (Å²) in [5.41, 5.74) is 5.92. The average molecular weight is 211 g/mol. The molecule has 82 valence electrons. The third kappa shape index (κ3) is 1.73. The number of likely N-dealkylation sites (tertiary alicyclic amines) is 1. The van der Waals surface area contributed by atoms with E-state index in [1.54, 1.807) is 6.07 Å². The van der Waals surface area contributed by atoms with Gasteiger partial charge in [0.1, 0.15) is 10.7 Å². The summed E-state index contributed by atoms with van der Waals surface area (Å²) < 4.78 is 5.15. The van der Waals surface area contributed by atoms with Crippen LogP contribution in [0.15, 0.2) is 16.5 Å². The van der Waals surface area contributed by atoms with Gasteiger partial charge in [-0.2, -0.15) is 0 Å². The largest absolute Gasteiger partial charge is 0.433 e. The van der Waals surface area contributed by atoms with Crippen LogP contribution in [-0.2, 0) is 0 Å². The first-order valence-corrected chi connectivity index (χ1v) is 4.79. The second-order valence-electron chi connectivity index (χ2n) is 3.81. The Morgan fingerprint density at radius 2 is 2.40 bits per heavy atom. The van der Waals surface area contributed by atoms with Gasteiger partial charge in [0, 0.05) is 12.6 Å². The van der Waals surface area contributed by atoms with E-state index in [-0.39, 0.29) is 18.0 Å². The molecule has 0 aliphatic carbocycles. The van der Waals surface area contributed by atoms with Crippen LogP contribution in [0.4, 0.5) is 5.88 Å². The van der Waals surface area contributed by atoms with E-state index < -0.39 is 4.92 Å². The quantitative estimate of drug-likeness (QED) is 0.580. The number of hydrogen-bond acceptors (Lipinski definition) is 5. The Morgan fingerprint density at radius 1 is 1.67 bits per heavy atom. The van der Waals surface area contributed by atoms with Crippen molar-refractivity contribution < 1.29 is 9.34 Å². The fraction of sp³-hybridized carbons (Fsp3) is 0.556. The van der Waals surface area contributed by atoms with Crippen LogP contribution in [0.1, 0.15) is 18.2 Å². The molecule has 6 nitrogen and oxygen atoms in total. The van der Waals surface area contributed by atoms with Crippen LogP contribution in [-0.4, -0.2) is 29.5 Å². The van der Waals surface area contributed by atoms with Crippen molar-refractivity contribution in [2.24, 2.45) is 5.73 Å². The van der Waals surface area contributed by atoms with Gasteiger partial charge in [0.05, 0.1) is 12.1 Å². The molecule has 1 aliphatic heterocycles. The molecule has 0 bridgehead atoms. The van der Waals surface area contributed by atoms with Crippen LogP contribution >= 0.6 is 0 Å². The lowest BCUT2D eigenvalue weighted by Gasteiger charge is -2.19. The van der Waals surface area contributed by atoms with E-state index in [4.69, 9.17) is 10.2 Å². The molecule has 0 amide bonds. The van der Waals surface area contributed by atoms with Crippen LogP contribution in [0, 0.1) is 10.1 Å². The minimum absolute atomic E-state index is 0.0132. The highest BCUT2D eigenvalue weighted by molar-refractivity contribution is 5.21. The minimum atomic E-state index is -0.538. The zero-order valence-corrected chi connectivity index (χ0v) is 8.42. The molecule has 2 N–H and O–H groups in total. The smallest absolute Gasteiger partial charge is 0.404 e. The summed E-state index contributed by atoms with van der Waals surface area (Å²) in [5, 5.41) is 10.5. The molecule has 1 aromatic rings. The van der Waals surface area contributed by atoms with Gasteiger partial charge in [0.15, 0.2) is 0 Å². The molecule has 2 unspecified atom stereocenters. The van der Waals surface area contributed by atoms with Crippen molar-refractivity contribution in [3.8, 4) is 0 Å². The molecule has 1 aromatic heterocycles. The molecule has 0 aromatic carbocycles. The Kier molecular flexibility index (Phi) is 2.45. The monoisotopic (exact) mass is 211 g/mol. The summed E-state index contributed by atoms with van der Waals surface area (Å²) >= 11 is 0. The van der Waals surface area contributed by atoms with Gasteiger partial charge in [-0.15, -0.1) is 0 Å². The van der Waals surface area contributed by atoms with Crippen LogP contribution in [0.25, 0.3) is 0 Å². The van der Waals surface area contributed by atoms with Crippen LogP contribution in [0.5, 0.6) is 0 Å². The predicted octanol–water partition coefficient (Wildman–Crippen LogP) is 0.892. The van der Waals surface area contributed by atoms with Gasteiger partial charge in [0.2, 0.25) is 0 Å². The highest BCUT2D eigenvalue weighted by Crippen LogP contribution is 2.32. The van der Waals surface area contributed by atoms with Gasteiger partial charge in [-0.1, -0.05) is 0 Å². The van der Waals surface area contributed by atoms with E-state index in [1.165, 1.54) is 6.07 Å². The van der Waals surface area contributed by atoms with Crippen LogP contribution < -0.4 is 5.73 Å². The van der Waals surface area contributed by atoms with Crippen molar-refractivity contribution in [2.75, 3.05) is 13.6 Å². The maximum absolute atomic E-state index is 10.5. The van der Waals surface area contributed by atoms with Gasteiger partial charge in [0.25, 0.3) is 0 Å². The molecule has 2 rings (SSSR count). The Morgan fingerprint density at radius 3 is 2.87 bits per heavy atom. The van der Waals surface area contributed by atoms with Gasteiger partial charge in [-0.25, -0.2) is 0 Å². The van der Waals surface area contributed by atoms with Gasteiger partial charge in [-0.3, -0.25) is 15.0 Å².